The van der Waals surface area contributed by atoms with Gasteiger partial charge in [-0.3, -0.25) is 4.90 Å². The number of nitrogens with zero attached hydrogens (tertiary/aromatic N) is 2. The Labute approximate surface area is 196 Å². The molecule has 164 valence electrons. The van der Waals surface area contributed by atoms with E-state index in [1.54, 1.807) is 7.11 Å². The van der Waals surface area contributed by atoms with Crippen molar-refractivity contribution in [1.29, 1.82) is 0 Å². The lowest BCUT2D eigenvalue weighted by Crippen LogP contribution is -2.45. The van der Waals surface area contributed by atoms with Gasteiger partial charge in [-0.1, -0.05) is 36.4 Å². The van der Waals surface area contributed by atoms with Crippen LogP contribution in [0.4, 0.5) is 0 Å². The van der Waals surface area contributed by atoms with Gasteiger partial charge in [-0.2, -0.15) is 0 Å². The molecule has 0 bridgehead atoms. The maximum atomic E-state index is 10.5. The minimum atomic E-state index is -0.457. The number of aliphatic hydroxyl groups is 1. The molecule has 0 aliphatic carbocycles. The summed E-state index contributed by atoms with van der Waals surface area (Å²) in [4.78, 5) is 6.94. The van der Waals surface area contributed by atoms with Gasteiger partial charge in [0.1, 0.15) is 5.75 Å². The van der Waals surface area contributed by atoms with E-state index in [4.69, 9.17) is 4.74 Å². The van der Waals surface area contributed by atoms with Crippen molar-refractivity contribution in [3.05, 3.63) is 65.2 Å². The maximum Gasteiger partial charge on any atom is 0.191 e. The second-order valence-corrected chi connectivity index (χ2v) is 7.34. The van der Waals surface area contributed by atoms with Crippen LogP contribution in [-0.2, 0) is 19.5 Å². The van der Waals surface area contributed by atoms with E-state index >= 15 is 0 Å². The minimum absolute atomic E-state index is 0. The Hall–Kier alpha value is -1.84. The summed E-state index contributed by atoms with van der Waals surface area (Å²) >= 11 is 0. The quantitative estimate of drug-likeness (QED) is 0.282. The second-order valence-electron chi connectivity index (χ2n) is 7.34. The molecule has 1 heterocycles. The minimum Gasteiger partial charge on any atom is -0.497 e. The van der Waals surface area contributed by atoms with Gasteiger partial charge in [0, 0.05) is 32.7 Å². The average Bonchev–Trinajstić information content (AvgIpc) is 2.75. The first-order chi connectivity index (χ1) is 14.2. The summed E-state index contributed by atoms with van der Waals surface area (Å²) in [6.07, 6.45) is 0.585. The van der Waals surface area contributed by atoms with Crippen LogP contribution in [0.2, 0.25) is 0 Å². The van der Waals surface area contributed by atoms with E-state index in [-0.39, 0.29) is 24.0 Å². The van der Waals surface area contributed by atoms with Gasteiger partial charge in [-0.15, -0.1) is 24.0 Å². The molecule has 2 aromatic rings. The molecule has 1 aliphatic rings. The molecule has 0 fully saturated rings. The summed E-state index contributed by atoms with van der Waals surface area (Å²) in [6, 6.07) is 16.5. The Bertz CT molecular complexity index is 815. The number of β-amino-alcohol motifs (C(OH)–C–C–N with tert-alkyl or cyclic N) is 1. The Morgan fingerprint density at radius 3 is 2.73 bits per heavy atom. The largest absolute Gasteiger partial charge is 0.497 e. The molecule has 0 radical (unpaired) electrons. The molecule has 3 rings (SSSR count). The molecule has 0 spiro atoms. The van der Waals surface area contributed by atoms with Gasteiger partial charge in [0.2, 0.25) is 0 Å². The zero-order valence-electron chi connectivity index (χ0n) is 17.8. The molecule has 1 aliphatic heterocycles. The Balaban J connectivity index is 0.00000320. The normalized spacial score (nSPS) is 15.0. The van der Waals surface area contributed by atoms with E-state index < -0.39 is 6.10 Å². The molecule has 2 aromatic carbocycles. The molecule has 30 heavy (non-hydrogen) atoms. The van der Waals surface area contributed by atoms with Crippen molar-refractivity contribution < 1.29 is 9.84 Å². The lowest BCUT2D eigenvalue weighted by molar-refractivity contribution is 0.108. The lowest BCUT2D eigenvalue weighted by Gasteiger charge is -2.30. The highest BCUT2D eigenvalue weighted by atomic mass is 127. The number of aliphatic imine (C=N–C) groups is 1. The summed E-state index contributed by atoms with van der Waals surface area (Å²) in [5.41, 5.74) is 3.87. The third-order valence-electron chi connectivity index (χ3n) is 5.08. The molecule has 3 N–H and O–H groups in total. The number of methoxy groups -OCH3 is 1. The van der Waals surface area contributed by atoms with Gasteiger partial charge >= 0.3 is 0 Å². The number of benzene rings is 2. The molecule has 0 saturated carbocycles. The summed E-state index contributed by atoms with van der Waals surface area (Å²) in [6.45, 7) is 6.34. The number of ether oxygens (including phenoxy) is 1. The Morgan fingerprint density at radius 1 is 1.17 bits per heavy atom. The van der Waals surface area contributed by atoms with Gasteiger partial charge in [-0.25, -0.2) is 4.99 Å². The Kier molecular flexibility index (Phi) is 10.4. The van der Waals surface area contributed by atoms with Gasteiger partial charge in [0.15, 0.2) is 5.96 Å². The van der Waals surface area contributed by atoms with Crippen LogP contribution in [0.1, 0.15) is 23.6 Å². The van der Waals surface area contributed by atoms with Crippen LogP contribution in [0.5, 0.6) is 5.75 Å². The number of halogens is 1. The first kappa shape index (κ1) is 24.4. The number of aliphatic hydroxyl groups excluding tert-OH is 1. The van der Waals surface area contributed by atoms with Gasteiger partial charge in [0.05, 0.1) is 19.8 Å². The van der Waals surface area contributed by atoms with Crippen molar-refractivity contribution in [2.45, 2.75) is 32.5 Å². The fourth-order valence-electron chi connectivity index (χ4n) is 3.57. The highest BCUT2D eigenvalue weighted by Gasteiger charge is 2.18. The smallest absolute Gasteiger partial charge is 0.191 e. The zero-order chi connectivity index (χ0) is 20.5. The number of hydrogen-bond donors (Lipinski definition) is 3. The SMILES string of the molecule is CCNC(=NCc1cccc(OC)c1)NCC(O)CN1CCc2ccccc2C1.I. The summed E-state index contributed by atoms with van der Waals surface area (Å²) in [5.74, 6) is 1.53. The van der Waals surface area contributed by atoms with E-state index in [2.05, 4.69) is 44.8 Å². The van der Waals surface area contributed by atoms with Crippen LogP contribution in [-0.4, -0.2) is 55.4 Å². The molecule has 0 amide bonds. The third-order valence-corrected chi connectivity index (χ3v) is 5.08. The van der Waals surface area contributed by atoms with Crippen molar-refractivity contribution in [2.75, 3.05) is 33.3 Å². The lowest BCUT2D eigenvalue weighted by atomic mass is 10.00. The summed E-state index contributed by atoms with van der Waals surface area (Å²) in [5, 5.41) is 17.0. The van der Waals surface area contributed by atoms with E-state index in [1.807, 2.05) is 31.2 Å². The number of hydrogen-bond acceptors (Lipinski definition) is 4. The number of guanidine groups is 1. The fraction of sp³-hybridized carbons (Fsp3) is 0.435. The molecule has 6 nitrogen and oxygen atoms in total. The topological polar surface area (TPSA) is 69.1 Å². The average molecular weight is 524 g/mol. The van der Waals surface area contributed by atoms with Crippen molar-refractivity contribution in [1.82, 2.24) is 15.5 Å². The molecule has 1 unspecified atom stereocenters. The van der Waals surface area contributed by atoms with Crippen LogP contribution in [0.25, 0.3) is 0 Å². The van der Waals surface area contributed by atoms with E-state index in [0.717, 1.165) is 37.4 Å². The zero-order valence-corrected chi connectivity index (χ0v) is 20.1. The monoisotopic (exact) mass is 524 g/mol. The number of nitrogens with one attached hydrogen (secondary N) is 2. The second kappa shape index (κ2) is 12.8. The molecule has 0 aromatic heterocycles. The van der Waals surface area contributed by atoms with Crippen molar-refractivity contribution in [2.24, 2.45) is 4.99 Å². The molecular weight excluding hydrogens is 491 g/mol. The third kappa shape index (κ3) is 7.45. The van der Waals surface area contributed by atoms with Gasteiger partial charge in [0.25, 0.3) is 0 Å². The van der Waals surface area contributed by atoms with E-state index in [1.165, 1.54) is 11.1 Å². The van der Waals surface area contributed by atoms with E-state index in [0.29, 0.717) is 25.6 Å². The summed E-state index contributed by atoms with van der Waals surface area (Å²) < 4.78 is 5.26. The standard InChI is InChI=1S/C23H32N4O2.HI/c1-3-24-23(25-14-18-7-6-10-22(13-18)29-2)26-15-21(28)17-27-12-11-19-8-4-5-9-20(19)16-27;/h4-10,13,21,28H,3,11-12,14-17H2,1-2H3,(H2,24,25,26);1H. The van der Waals surface area contributed by atoms with E-state index in [9.17, 15) is 5.11 Å². The maximum absolute atomic E-state index is 10.5. The van der Waals surface area contributed by atoms with Gasteiger partial charge < -0.3 is 20.5 Å². The van der Waals surface area contributed by atoms with Crippen LogP contribution in [0, 0.1) is 0 Å². The van der Waals surface area contributed by atoms with Crippen LogP contribution >= 0.6 is 24.0 Å². The number of rotatable bonds is 8. The molecule has 1 atom stereocenters. The molecule has 0 saturated heterocycles. The number of fused-ring (bicyclic) bond motifs is 1. The Morgan fingerprint density at radius 2 is 1.97 bits per heavy atom. The first-order valence-corrected chi connectivity index (χ1v) is 10.3. The van der Waals surface area contributed by atoms with Crippen LogP contribution < -0.4 is 15.4 Å². The van der Waals surface area contributed by atoms with Crippen molar-refractivity contribution in [3.8, 4) is 5.75 Å². The molecular formula is C23H33IN4O2. The van der Waals surface area contributed by atoms with Gasteiger partial charge in [-0.05, 0) is 42.2 Å². The predicted octanol–water partition coefficient (Wildman–Crippen LogP) is 2.79. The highest BCUT2D eigenvalue weighted by molar-refractivity contribution is 14.0. The van der Waals surface area contributed by atoms with Crippen molar-refractivity contribution in [3.63, 3.8) is 0 Å². The summed E-state index contributed by atoms with van der Waals surface area (Å²) in [7, 11) is 1.66. The predicted molar refractivity (Wildman–Crippen MR) is 133 cm³/mol. The first-order valence-electron chi connectivity index (χ1n) is 10.3. The molecule has 7 heteroatoms. The van der Waals surface area contributed by atoms with Crippen LogP contribution in [0.15, 0.2) is 53.5 Å². The van der Waals surface area contributed by atoms with Crippen LogP contribution in [0.3, 0.4) is 0 Å². The highest BCUT2D eigenvalue weighted by Crippen LogP contribution is 2.18. The van der Waals surface area contributed by atoms with Crippen molar-refractivity contribution >= 4 is 29.9 Å². The fourth-order valence-corrected chi connectivity index (χ4v) is 3.57.